The molecule has 1 aromatic rings. The number of aliphatic hydroxyl groups excluding tert-OH is 10. The summed E-state index contributed by atoms with van der Waals surface area (Å²) in [4.78, 5) is 24.7. The van der Waals surface area contributed by atoms with Crippen molar-refractivity contribution in [3.8, 4) is 0 Å². The van der Waals surface area contributed by atoms with Gasteiger partial charge >= 0.3 is 11.9 Å². The van der Waals surface area contributed by atoms with Crippen LogP contribution in [0, 0.1) is 0 Å². The summed E-state index contributed by atoms with van der Waals surface area (Å²) in [6.07, 6.45) is -15.0. The summed E-state index contributed by atoms with van der Waals surface area (Å²) < 4.78 is 9.63. The third-order valence-electron chi connectivity index (χ3n) is 4.79. The molecule has 0 aliphatic heterocycles. The van der Waals surface area contributed by atoms with Gasteiger partial charge in [-0.05, 0) is 12.1 Å². The summed E-state index contributed by atoms with van der Waals surface area (Å²) in [7, 11) is 0. The maximum absolute atomic E-state index is 12.4. The first-order valence-corrected chi connectivity index (χ1v) is 10.1. The molecule has 0 unspecified atom stereocenters. The zero-order valence-corrected chi connectivity index (χ0v) is 17.9. The molecule has 14 heteroatoms. The van der Waals surface area contributed by atoms with Crippen molar-refractivity contribution in [2.45, 2.75) is 48.8 Å². The Kier molecular flexibility index (Phi) is 12.5. The SMILES string of the molecule is O=C(OC[C@H](O)[C@@H](O)[C@H](O)[C@H](O)CO)c1ccccc1C(=O)OC[C@H](O)[C@@H](O)[C@H](O)[C@H](O)CO. The molecule has 1 aromatic carbocycles. The van der Waals surface area contributed by atoms with E-state index in [-0.39, 0.29) is 11.1 Å². The van der Waals surface area contributed by atoms with Crippen LogP contribution in [0.5, 0.6) is 0 Å². The molecule has 0 saturated carbocycles. The first kappa shape index (κ1) is 29.8. The van der Waals surface area contributed by atoms with Crippen molar-refractivity contribution in [1.82, 2.24) is 0 Å². The molecule has 0 radical (unpaired) electrons. The predicted molar refractivity (Wildman–Crippen MR) is 109 cm³/mol. The van der Waals surface area contributed by atoms with Gasteiger partial charge in [-0.3, -0.25) is 0 Å². The third kappa shape index (κ3) is 8.21. The zero-order valence-electron chi connectivity index (χ0n) is 17.9. The average molecular weight is 494 g/mol. The summed E-state index contributed by atoms with van der Waals surface area (Å²) in [6.45, 7) is -3.50. The number of hydrogen-bond donors (Lipinski definition) is 10. The molecule has 0 saturated heterocycles. The van der Waals surface area contributed by atoms with Crippen LogP contribution in [0.2, 0.25) is 0 Å². The minimum Gasteiger partial charge on any atom is -0.459 e. The largest absolute Gasteiger partial charge is 0.459 e. The number of carbonyl (C=O) groups excluding carboxylic acids is 2. The lowest BCUT2D eigenvalue weighted by Gasteiger charge is -2.25. The van der Waals surface area contributed by atoms with Crippen molar-refractivity contribution >= 4 is 11.9 Å². The fraction of sp³-hybridized carbons (Fsp3) is 0.600. The number of esters is 2. The van der Waals surface area contributed by atoms with Crippen molar-refractivity contribution in [3.63, 3.8) is 0 Å². The molecule has 0 spiro atoms. The van der Waals surface area contributed by atoms with Crippen LogP contribution in [0.3, 0.4) is 0 Å². The van der Waals surface area contributed by atoms with E-state index in [0.717, 1.165) is 0 Å². The number of benzene rings is 1. The van der Waals surface area contributed by atoms with Crippen LogP contribution in [0.1, 0.15) is 20.7 Å². The van der Waals surface area contributed by atoms with Gasteiger partial charge in [0.05, 0.1) is 24.3 Å². The molecule has 0 aliphatic rings. The Labute approximate surface area is 193 Å². The molecular formula is C20H30O14. The van der Waals surface area contributed by atoms with Crippen molar-refractivity contribution in [1.29, 1.82) is 0 Å². The molecule has 1 rings (SSSR count). The van der Waals surface area contributed by atoms with Gasteiger partial charge in [0.1, 0.15) is 62.0 Å². The molecule has 194 valence electrons. The fourth-order valence-electron chi connectivity index (χ4n) is 2.64. The molecule has 10 N–H and O–H groups in total. The average Bonchev–Trinajstić information content (AvgIpc) is 2.86. The molecule has 0 amide bonds. The van der Waals surface area contributed by atoms with Crippen molar-refractivity contribution in [3.05, 3.63) is 35.4 Å². The van der Waals surface area contributed by atoms with Gasteiger partial charge in [-0.1, -0.05) is 12.1 Å². The van der Waals surface area contributed by atoms with E-state index in [9.17, 15) is 50.4 Å². The Bertz CT molecular complexity index is 710. The minimum atomic E-state index is -1.97. The smallest absolute Gasteiger partial charge is 0.339 e. The Morgan fingerprint density at radius 1 is 0.588 bits per heavy atom. The van der Waals surface area contributed by atoms with E-state index in [4.69, 9.17) is 19.7 Å². The van der Waals surface area contributed by atoms with E-state index in [1.54, 1.807) is 0 Å². The summed E-state index contributed by atoms with van der Waals surface area (Å²) in [5.41, 5.74) is -0.674. The summed E-state index contributed by atoms with van der Waals surface area (Å²) >= 11 is 0. The molecule has 0 bridgehead atoms. The normalized spacial score (nSPS) is 18.6. The molecule has 0 aliphatic carbocycles. The highest BCUT2D eigenvalue weighted by atomic mass is 16.6. The van der Waals surface area contributed by atoms with E-state index in [1.807, 2.05) is 0 Å². The van der Waals surface area contributed by atoms with Crippen LogP contribution < -0.4 is 0 Å². The van der Waals surface area contributed by atoms with E-state index < -0.39 is 87.2 Å². The van der Waals surface area contributed by atoms with Gasteiger partial charge in [-0.2, -0.15) is 0 Å². The second-order valence-corrected chi connectivity index (χ2v) is 7.34. The van der Waals surface area contributed by atoms with Crippen molar-refractivity contribution < 1.29 is 70.1 Å². The molecule has 0 fully saturated rings. The fourth-order valence-corrected chi connectivity index (χ4v) is 2.64. The molecular weight excluding hydrogens is 464 g/mol. The Balaban J connectivity index is 2.76. The minimum absolute atomic E-state index is 0.337. The number of hydrogen-bond acceptors (Lipinski definition) is 14. The van der Waals surface area contributed by atoms with E-state index >= 15 is 0 Å². The van der Waals surface area contributed by atoms with E-state index in [1.165, 1.54) is 24.3 Å². The maximum Gasteiger partial charge on any atom is 0.339 e. The summed E-state index contributed by atoms with van der Waals surface area (Å²) in [6, 6.07) is 5.06. The monoisotopic (exact) mass is 494 g/mol. The van der Waals surface area contributed by atoms with Gasteiger partial charge in [-0.25, -0.2) is 9.59 Å². The van der Waals surface area contributed by atoms with Crippen LogP contribution in [-0.2, 0) is 9.47 Å². The first-order valence-electron chi connectivity index (χ1n) is 10.1. The Morgan fingerprint density at radius 2 is 0.882 bits per heavy atom. The van der Waals surface area contributed by atoms with Crippen molar-refractivity contribution in [2.75, 3.05) is 26.4 Å². The second kappa shape index (κ2) is 14.2. The third-order valence-corrected chi connectivity index (χ3v) is 4.79. The lowest BCUT2D eigenvalue weighted by atomic mass is 10.0. The van der Waals surface area contributed by atoms with Gasteiger partial charge in [0.15, 0.2) is 0 Å². The quantitative estimate of drug-likeness (QED) is 0.109. The molecule has 34 heavy (non-hydrogen) atoms. The highest BCUT2D eigenvalue weighted by molar-refractivity contribution is 6.03. The number of rotatable bonds is 14. The highest BCUT2D eigenvalue weighted by Gasteiger charge is 2.32. The summed E-state index contributed by atoms with van der Waals surface area (Å²) in [5, 5.41) is 94.4. The lowest BCUT2D eigenvalue weighted by molar-refractivity contribution is -0.124. The van der Waals surface area contributed by atoms with E-state index in [0.29, 0.717) is 0 Å². The predicted octanol–water partition coefficient (Wildman–Crippen LogP) is -5.13. The first-order chi connectivity index (χ1) is 16.0. The van der Waals surface area contributed by atoms with Crippen LogP contribution in [-0.4, -0.2) is 138 Å². The van der Waals surface area contributed by atoms with Crippen LogP contribution in [0.25, 0.3) is 0 Å². The number of carbonyl (C=O) groups is 2. The van der Waals surface area contributed by atoms with Gasteiger partial charge < -0.3 is 60.5 Å². The van der Waals surface area contributed by atoms with Crippen LogP contribution in [0.4, 0.5) is 0 Å². The van der Waals surface area contributed by atoms with Gasteiger partial charge in [0.2, 0.25) is 0 Å². The van der Waals surface area contributed by atoms with E-state index in [2.05, 4.69) is 0 Å². The van der Waals surface area contributed by atoms with Crippen molar-refractivity contribution in [2.24, 2.45) is 0 Å². The van der Waals surface area contributed by atoms with Crippen LogP contribution >= 0.6 is 0 Å². The van der Waals surface area contributed by atoms with Crippen LogP contribution in [0.15, 0.2) is 24.3 Å². The van der Waals surface area contributed by atoms with Gasteiger partial charge in [0.25, 0.3) is 0 Å². The standard InChI is InChI=1S/C20H30O14/c21-5-11(23)15(27)17(29)13(25)7-33-19(31)9-3-1-2-4-10(9)20(32)34-8-14(26)18(30)16(28)12(24)6-22/h1-4,11-18,21-30H,5-8H2/t11-,12-,13+,14+,15-,16-,17-,18-/m1/s1. The summed E-state index contributed by atoms with van der Waals surface area (Å²) in [5.74, 6) is -2.28. The zero-order chi connectivity index (χ0) is 26.0. The molecule has 0 aromatic heterocycles. The van der Waals surface area contributed by atoms with Gasteiger partial charge in [0, 0.05) is 0 Å². The Hall–Kier alpha value is -2.24. The molecule has 8 atom stereocenters. The molecule has 0 heterocycles. The topological polar surface area (TPSA) is 255 Å². The number of aliphatic hydroxyl groups is 10. The second-order valence-electron chi connectivity index (χ2n) is 7.34. The Morgan fingerprint density at radius 3 is 1.18 bits per heavy atom. The van der Waals surface area contributed by atoms with Gasteiger partial charge in [-0.15, -0.1) is 0 Å². The maximum atomic E-state index is 12.4. The number of ether oxygens (including phenoxy) is 2. The lowest BCUT2D eigenvalue weighted by Crippen LogP contribution is -2.47. The molecule has 14 nitrogen and oxygen atoms in total. The highest BCUT2D eigenvalue weighted by Crippen LogP contribution is 2.14.